The van der Waals surface area contributed by atoms with Gasteiger partial charge in [0, 0.05) is 12.4 Å². The molecule has 1 atom stereocenters. The van der Waals surface area contributed by atoms with Gasteiger partial charge in [-0.1, -0.05) is 20.8 Å². The van der Waals surface area contributed by atoms with E-state index < -0.39 is 0 Å². The van der Waals surface area contributed by atoms with E-state index in [0.29, 0.717) is 5.92 Å². The molecule has 0 amide bonds. The van der Waals surface area contributed by atoms with Gasteiger partial charge in [0.2, 0.25) is 0 Å². The molecule has 0 heterocycles. The van der Waals surface area contributed by atoms with Crippen LogP contribution in [0.2, 0.25) is 0 Å². The van der Waals surface area contributed by atoms with Crippen LogP contribution in [0, 0.1) is 11.8 Å². The molecule has 0 saturated heterocycles. The van der Waals surface area contributed by atoms with E-state index in [-0.39, 0.29) is 0 Å². The first-order valence-corrected chi connectivity index (χ1v) is 6.67. The molecule has 86 valence electrons. The number of ether oxygens (including phenoxy) is 1. The summed E-state index contributed by atoms with van der Waals surface area (Å²) in [6.07, 6.45) is 1.17. The van der Waals surface area contributed by atoms with E-state index >= 15 is 0 Å². The fraction of sp³-hybridized carbons (Fsp3) is 1.00. The lowest BCUT2D eigenvalue weighted by Crippen LogP contribution is -2.13. The summed E-state index contributed by atoms with van der Waals surface area (Å²) >= 11 is 1.94. The van der Waals surface area contributed by atoms with Crippen LogP contribution in [0.3, 0.4) is 0 Å². The molecule has 0 aromatic rings. The van der Waals surface area contributed by atoms with Gasteiger partial charge in [-0.05, 0) is 30.6 Å². The molecule has 0 aromatic carbocycles. The SMILES string of the molecule is CC(C)CCOCCSCC(C)CN. The van der Waals surface area contributed by atoms with Crippen molar-refractivity contribution in [1.29, 1.82) is 0 Å². The van der Waals surface area contributed by atoms with Crippen LogP contribution in [0.4, 0.5) is 0 Å². The molecule has 1 unspecified atom stereocenters. The quantitative estimate of drug-likeness (QED) is 0.605. The van der Waals surface area contributed by atoms with Crippen molar-refractivity contribution in [3.8, 4) is 0 Å². The van der Waals surface area contributed by atoms with Gasteiger partial charge in [0.1, 0.15) is 0 Å². The van der Waals surface area contributed by atoms with Crippen LogP contribution in [-0.2, 0) is 4.74 Å². The Kier molecular flexibility index (Phi) is 10.0. The molecular weight excluding hydrogens is 194 g/mol. The van der Waals surface area contributed by atoms with Gasteiger partial charge < -0.3 is 10.5 Å². The average molecular weight is 219 g/mol. The fourth-order valence-electron chi connectivity index (χ4n) is 0.892. The second kappa shape index (κ2) is 9.81. The van der Waals surface area contributed by atoms with Gasteiger partial charge in [-0.15, -0.1) is 0 Å². The molecule has 3 heteroatoms. The Labute approximate surface area is 93.0 Å². The van der Waals surface area contributed by atoms with Crippen LogP contribution in [-0.4, -0.2) is 31.3 Å². The molecule has 0 aliphatic rings. The van der Waals surface area contributed by atoms with Crippen LogP contribution in [0.25, 0.3) is 0 Å². The summed E-state index contributed by atoms with van der Waals surface area (Å²) in [6, 6.07) is 0. The third kappa shape index (κ3) is 10.4. The van der Waals surface area contributed by atoms with E-state index in [4.69, 9.17) is 10.5 Å². The lowest BCUT2D eigenvalue weighted by atomic mass is 10.1. The van der Waals surface area contributed by atoms with Crippen LogP contribution >= 0.6 is 11.8 Å². The van der Waals surface area contributed by atoms with Crippen LogP contribution in [0.5, 0.6) is 0 Å². The maximum atomic E-state index is 5.52. The van der Waals surface area contributed by atoms with Gasteiger partial charge >= 0.3 is 0 Å². The van der Waals surface area contributed by atoms with Crippen molar-refractivity contribution in [1.82, 2.24) is 0 Å². The Morgan fingerprint density at radius 2 is 1.93 bits per heavy atom. The number of nitrogens with two attached hydrogens (primary N) is 1. The lowest BCUT2D eigenvalue weighted by Gasteiger charge is -2.08. The van der Waals surface area contributed by atoms with Crippen molar-refractivity contribution in [2.45, 2.75) is 27.2 Å². The van der Waals surface area contributed by atoms with Gasteiger partial charge in [-0.2, -0.15) is 11.8 Å². The Hall–Kier alpha value is 0.270. The third-order valence-electron chi connectivity index (χ3n) is 2.02. The molecule has 0 aromatic heterocycles. The predicted molar refractivity (Wildman–Crippen MR) is 65.8 cm³/mol. The minimum atomic E-state index is 0.635. The van der Waals surface area contributed by atoms with E-state index in [9.17, 15) is 0 Å². The van der Waals surface area contributed by atoms with Crippen molar-refractivity contribution in [2.24, 2.45) is 17.6 Å². The maximum absolute atomic E-state index is 5.52. The monoisotopic (exact) mass is 219 g/mol. The molecule has 0 spiro atoms. The molecule has 0 aliphatic heterocycles. The van der Waals surface area contributed by atoms with E-state index in [1.807, 2.05) is 11.8 Å². The second-order valence-corrected chi connectivity index (χ2v) is 5.36. The molecule has 0 bridgehead atoms. The third-order valence-corrected chi connectivity index (χ3v) is 3.28. The van der Waals surface area contributed by atoms with Crippen LogP contribution in [0.15, 0.2) is 0 Å². The summed E-state index contributed by atoms with van der Waals surface area (Å²) in [5.74, 6) is 3.64. The van der Waals surface area contributed by atoms with E-state index in [1.165, 1.54) is 6.42 Å². The van der Waals surface area contributed by atoms with Crippen LogP contribution in [0.1, 0.15) is 27.2 Å². The normalized spacial score (nSPS) is 13.5. The van der Waals surface area contributed by atoms with Crippen molar-refractivity contribution in [2.75, 3.05) is 31.3 Å². The van der Waals surface area contributed by atoms with E-state index in [0.717, 1.165) is 37.2 Å². The number of rotatable bonds is 9. The van der Waals surface area contributed by atoms with Crippen molar-refractivity contribution in [3.05, 3.63) is 0 Å². The zero-order valence-electron chi connectivity index (χ0n) is 9.79. The smallest absolute Gasteiger partial charge is 0.0556 e. The first-order chi connectivity index (χ1) is 6.66. The largest absolute Gasteiger partial charge is 0.381 e. The fourth-order valence-corrected chi connectivity index (χ4v) is 1.83. The summed E-state index contributed by atoms with van der Waals surface area (Å²) < 4.78 is 5.51. The molecule has 2 nitrogen and oxygen atoms in total. The van der Waals surface area contributed by atoms with Gasteiger partial charge in [0.25, 0.3) is 0 Å². The zero-order valence-corrected chi connectivity index (χ0v) is 10.6. The standard InChI is InChI=1S/C11H25NOS/c1-10(2)4-5-13-6-7-14-9-11(3)8-12/h10-11H,4-9,12H2,1-3H3. The highest BCUT2D eigenvalue weighted by Gasteiger charge is 1.98. The molecule has 0 radical (unpaired) electrons. The van der Waals surface area contributed by atoms with Gasteiger partial charge in [-0.3, -0.25) is 0 Å². The summed E-state index contributed by atoms with van der Waals surface area (Å²) in [5, 5.41) is 0. The van der Waals surface area contributed by atoms with Gasteiger partial charge in [0.15, 0.2) is 0 Å². The van der Waals surface area contributed by atoms with Crippen LogP contribution < -0.4 is 5.73 Å². The van der Waals surface area contributed by atoms with Crippen molar-refractivity contribution in [3.63, 3.8) is 0 Å². The predicted octanol–water partition coefficient (Wildman–Crippen LogP) is 2.38. The highest BCUT2D eigenvalue weighted by Crippen LogP contribution is 2.07. The molecule has 0 fully saturated rings. The molecule has 14 heavy (non-hydrogen) atoms. The highest BCUT2D eigenvalue weighted by atomic mass is 32.2. The molecule has 0 saturated carbocycles. The molecular formula is C11H25NOS. The number of thioether (sulfide) groups is 1. The van der Waals surface area contributed by atoms with Gasteiger partial charge in [-0.25, -0.2) is 0 Å². The van der Waals surface area contributed by atoms with E-state index in [2.05, 4.69) is 20.8 Å². The summed E-state index contributed by atoms with van der Waals surface area (Å²) in [6.45, 7) is 9.22. The molecule has 2 N–H and O–H groups in total. The lowest BCUT2D eigenvalue weighted by molar-refractivity contribution is 0.138. The Balaban J connectivity index is 2.99. The minimum Gasteiger partial charge on any atom is -0.381 e. The summed E-state index contributed by atoms with van der Waals surface area (Å²) in [5.41, 5.74) is 5.52. The first kappa shape index (κ1) is 14.3. The number of hydrogen-bond acceptors (Lipinski definition) is 3. The summed E-state index contributed by atoms with van der Waals surface area (Å²) in [7, 11) is 0. The van der Waals surface area contributed by atoms with Crippen molar-refractivity contribution < 1.29 is 4.74 Å². The minimum absolute atomic E-state index is 0.635. The van der Waals surface area contributed by atoms with Gasteiger partial charge in [0.05, 0.1) is 6.61 Å². The zero-order chi connectivity index (χ0) is 10.8. The Bertz CT molecular complexity index is 120. The number of hydrogen-bond donors (Lipinski definition) is 1. The van der Waals surface area contributed by atoms with Crippen molar-refractivity contribution >= 4 is 11.8 Å². The molecule has 0 rings (SSSR count). The summed E-state index contributed by atoms with van der Waals surface area (Å²) in [4.78, 5) is 0. The highest BCUT2D eigenvalue weighted by molar-refractivity contribution is 7.99. The molecule has 0 aliphatic carbocycles. The Morgan fingerprint density at radius 3 is 2.50 bits per heavy atom. The second-order valence-electron chi connectivity index (χ2n) is 4.21. The average Bonchev–Trinajstić information content (AvgIpc) is 2.15. The van der Waals surface area contributed by atoms with E-state index in [1.54, 1.807) is 0 Å². The first-order valence-electron chi connectivity index (χ1n) is 5.52. The topological polar surface area (TPSA) is 35.2 Å². The Morgan fingerprint density at radius 1 is 1.21 bits per heavy atom. The maximum Gasteiger partial charge on any atom is 0.0556 e.